The smallest absolute Gasteiger partial charge is 0.304 e. The van der Waals surface area contributed by atoms with E-state index in [0.29, 0.717) is 16.8 Å². The fourth-order valence-corrected chi connectivity index (χ4v) is 1.78. The largest absolute Gasteiger partial charge is 0.417 e. The second-order valence-electron chi connectivity index (χ2n) is 4.13. The van der Waals surface area contributed by atoms with Crippen LogP contribution in [0.25, 0.3) is 0 Å². The lowest BCUT2D eigenvalue weighted by molar-refractivity contribution is -0.138. The van der Waals surface area contributed by atoms with Gasteiger partial charge in [-0.15, -0.1) is 0 Å². The Balaban J connectivity index is 2.24. The van der Waals surface area contributed by atoms with Gasteiger partial charge < -0.3 is 4.57 Å². The van der Waals surface area contributed by atoms with E-state index in [4.69, 9.17) is 11.6 Å². The van der Waals surface area contributed by atoms with Gasteiger partial charge in [-0.2, -0.15) is 13.2 Å². The van der Waals surface area contributed by atoms with Crippen molar-refractivity contribution in [2.45, 2.75) is 12.7 Å². The molecule has 0 fully saturated rings. The van der Waals surface area contributed by atoms with Crippen LogP contribution in [-0.2, 0) is 17.5 Å². The Morgan fingerprint density at radius 1 is 1.32 bits per heavy atom. The number of halogens is 4. The van der Waals surface area contributed by atoms with Crippen LogP contribution in [0.4, 0.5) is 19.1 Å². The molecule has 116 valence electrons. The molecule has 10 heteroatoms. The predicted octanol–water partition coefficient (Wildman–Crippen LogP) is 1.95. The molecule has 0 aliphatic carbocycles. The number of nitrogens with zero attached hydrogens (tertiary/aromatic N) is 3. The van der Waals surface area contributed by atoms with Gasteiger partial charge in [0.15, 0.2) is 0 Å². The number of pyridine rings is 1. The first-order valence-corrected chi connectivity index (χ1v) is 6.19. The molecule has 0 saturated carbocycles. The number of amides is 1. The van der Waals surface area contributed by atoms with Gasteiger partial charge in [-0.1, -0.05) is 11.6 Å². The molecule has 6 nitrogen and oxygen atoms in total. The minimum absolute atomic E-state index is 0.0291. The molecule has 22 heavy (non-hydrogen) atoms. The van der Waals surface area contributed by atoms with E-state index < -0.39 is 34.8 Å². The fraction of sp³-hybridized carbons (Fsp3) is 0.167. The van der Waals surface area contributed by atoms with Crippen molar-refractivity contribution in [3.8, 4) is 0 Å². The number of anilines is 1. The summed E-state index contributed by atoms with van der Waals surface area (Å²) < 4.78 is 38.6. The monoisotopic (exact) mass is 332 g/mol. The van der Waals surface area contributed by atoms with Gasteiger partial charge in [0.1, 0.15) is 11.6 Å². The summed E-state index contributed by atoms with van der Waals surface area (Å²) in [6.07, 6.45) is -1.41. The number of alkyl halides is 3. The molecule has 2 aromatic heterocycles. The maximum Gasteiger partial charge on any atom is 0.417 e. The Kier molecular flexibility index (Phi) is 4.45. The number of aromatic nitrogens is 3. The van der Waals surface area contributed by atoms with Crippen LogP contribution in [0.1, 0.15) is 5.56 Å². The zero-order chi connectivity index (χ0) is 16.3. The molecule has 1 N–H and O–H groups in total. The van der Waals surface area contributed by atoms with Crippen LogP contribution in [0.15, 0.2) is 35.5 Å². The third-order valence-electron chi connectivity index (χ3n) is 2.50. The maximum atomic E-state index is 12.7. The third-order valence-corrected chi connectivity index (χ3v) is 2.77. The van der Waals surface area contributed by atoms with Crippen LogP contribution in [0.3, 0.4) is 0 Å². The van der Waals surface area contributed by atoms with Crippen molar-refractivity contribution < 1.29 is 18.0 Å². The highest BCUT2D eigenvalue weighted by Crippen LogP contribution is 2.29. The van der Waals surface area contributed by atoms with Crippen molar-refractivity contribution in [3.63, 3.8) is 0 Å². The SMILES string of the molecule is O=C(Cn1cc(C(F)(F)F)cc(Cl)c1=O)Nc1ncccn1. The summed E-state index contributed by atoms with van der Waals surface area (Å²) in [5, 5.41) is 1.62. The van der Waals surface area contributed by atoms with E-state index in [1.165, 1.54) is 18.5 Å². The van der Waals surface area contributed by atoms with Crippen LogP contribution in [0, 0.1) is 0 Å². The maximum absolute atomic E-state index is 12.7. The van der Waals surface area contributed by atoms with E-state index in [1.807, 2.05) is 0 Å². The highest BCUT2D eigenvalue weighted by Gasteiger charge is 2.32. The Labute approximate surface area is 126 Å². The Bertz CT molecular complexity index is 746. The fourth-order valence-electron chi connectivity index (χ4n) is 1.55. The topological polar surface area (TPSA) is 76.9 Å². The summed E-state index contributed by atoms with van der Waals surface area (Å²) in [6.45, 7) is -0.652. The van der Waals surface area contributed by atoms with Crippen molar-refractivity contribution >= 4 is 23.5 Å². The summed E-state index contributed by atoms with van der Waals surface area (Å²) >= 11 is 5.48. The number of hydrogen-bond donors (Lipinski definition) is 1. The van der Waals surface area contributed by atoms with E-state index >= 15 is 0 Å². The molecule has 0 spiro atoms. The second-order valence-corrected chi connectivity index (χ2v) is 4.54. The summed E-state index contributed by atoms with van der Waals surface area (Å²) in [5.41, 5.74) is -2.03. The number of carbonyl (C=O) groups is 1. The van der Waals surface area contributed by atoms with Crippen molar-refractivity contribution in [2.75, 3.05) is 5.32 Å². The lowest BCUT2D eigenvalue weighted by atomic mass is 10.2. The number of nitrogens with one attached hydrogen (secondary N) is 1. The lowest BCUT2D eigenvalue weighted by Gasteiger charge is -2.11. The summed E-state index contributed by atoms with van der Waals surface area (Å²) in [4.78, 5) is 30.9. The normalized spacial score (nSPS) is 11.3. The lowest BCUT2D eigenvalue weighted by Crippen LogP contribution is -2.29. The Morgan fingerprint density at radius 2 is 1.95 bits per heavy atom. The van der Waals surface area contributed by atoms with E-state index in [1.54, 1.807) is 0 Å². The molecule has 0 saturated heterocycles. The van der Waals surface area contributed by atoms with Gasteiger partial charge in [0.2, 0.25) is 11.9 Å². The average molecular weight is 333 g/mol. The first-order chi connectivity index (χ1) is 10.3. The number of rotatable bonds is 3. The van der Waals surface area contributed by atoms with Gasteiger partial charge in [0, 0.05) is 18.6 Å². The minimum atomic E-state index is -4.68. The summed E-state index contributed by atoms with van der Waals surface area (Å²) in [7, 11) is 0. The zero-order valence-electron chi connectivity index (χ0n) is 10.8. The van der Waals surface area contributed by atoms with Crippen molar-refractivity contribution in [1.82, 2.24) is 14.5 Å². The molecule has 2 rings (SSSR count). The molecule has 1 amide bonds. The molecule has 0 aliphatic heterocycles. The molecule has 0 unspecified atom stereocenters. The molecular formula is C12H8ClF3N4O2. The van der Waals surface area contributed by atoms with E-state index in [0.717, 1.165) is 0 Å². The van der Waals surface area contributed by atoms with Crippen molar-refractivity contribution in [3.05, 3.63) is 51.7 Å². The van der Waals surface area contributed by atoms with Crippen LogP contribution >= 0.6 is 11.6 Å². The van der Waals surface area contributed by atoms with Gasteiger partial charge in [-0.25, -0.2) is 9.97 Å². The third kappa shape index (κ3) is 3.82. The first kappa shape index (κ1) is 16.0. The molecule has 0 aliphatic rings. The van der Waals surface area contributed by atoms with Gasteiger partial charge in [0.05, 0.1) is 5.56 Å². The van der Waals surface area contributed by atoms with Crippen LogP contribution in [0.2, 0.25) is 5.02 Å². The van der Waals surface area contributed by atoms with Gasteiger partial charge in [0.25, 0.3) is 5.56 Å². The van der Waals surface area contributed by atoms with Gasteiger partial charge in [-0.3, -0.25) is 14.9 Å². The highest BCUT2D eigenvalue weighted by molar-refractivity contribution is 6.30. The van der Waals surface area contributed by atoms with Crippen molar-refractivity contribution in [2.24, 2.45) is 0 Å². The molecule has 2 heterocycles. The number of hydrogen-bond acceptors (Lipinski definition) is 4. The Hall–Kier alpha value is -2.42. The molecule has 2 aromatic rings. The standard InChI is InChI=1S/C12H8ClF3N4O2/c13-8-4-7(12(14,15)16)5-20(10(8)22)6-9(21)19-11-17-2-1-3-18-11/h1-5H,6H2,(H,17,18,19,21). The van der Waals surface area contributed by atoms with Crippen LogP contribution < -0.4 is 10.9 Å². The molecule has 0 radical (unpaired) electrons. The summed E-state index contributed by atoms with van der Waals surface area (Å²) in [5.74, 6) is -0.790. The molecule has 0 bridgehead atoms. The van der Waals surface area contributed by atoms with Crippen LogP contribution in [0.5, 0.6) is 0 Å². The molecule has 0 atom stereocenters. The highest BCUT2D eigenvalue weighted by atomic mass is 35.5. The van der Waals surface area contributed by atoms with Gasteiger partial charge in [-0.05, 0) is 12.1 Å². The Morgan fingerprint density at radius 3 is 2.55 bits per heavy atom. The second kappa shape index (κ2) is 6.14. The summed E-state index contributed by atoms with van der Waals surface area (Å²) in [6, 6.07) is 2.03. The minimum Gasteiger partial charge on any atom is -0.304 e. The van der Waals surface area contributed by atoms with E-state index in [2.05, 4.69) is 15.3 Å². The zero-order valence-corrected chi connectivity index (χ0v) is 11.5. The van der Waals surface area contributed by atoms with Crippen LogP contribution in [-0.4, -0.2) is 20.4 Å². The first-order valence-electron chi connectivity index (χ1n) is 5.81. The van der Waals surface area contributed by atoms with E-state index in [9.17, 15) is 22.8 Å². The van der Waals surface area contributed by atoms with Gasteiger partial charge >= 0.3 is 6.18 Å². The quantitative estimate of drug-likeness (QED) is 0.932. The van der Waals surface area contributed by atoms with E-state index in [-0.39, 0.29) is 5.95 Å². The average Bonchev–Trinajstić information content (AvgIpc) is 2.43. The van der Waals surface area contributed by atoms with Crippen molar-refractivity contribution in [1.29, 1.82) is 0 Å². The molecular weight excluding hydrogens is 325 g/mol. The number of carbonyl (C=O) groups excluding carboxylic acids is 1. The predicted molar refractivity (Wildman–Crippen MR) is 71.4 cm³/mol. The molecule has 0 aromatic carbocycles.